The summed E-state index contributed by atoms with van der Waals surface area (Å²) in [7, 11) is -2.59. The van der Waals surface area contributed by atoms with Crippen molar-refractivity contribution in [2.24, 2.45) is 0 Å². The zero-order chi connectivity index (χ0) is 28.6. The average Bonchev–Trinajstić information content (AvgIpc) is 2.93. The van der Waals surface area contributed by atoms with Gasteiger partial charge in [0.2, 0.25) is 11.8 Å². The molecule has 0 aliphatic heterocycles. The van der Waals surface area contributed by atoms with Gasteiger partial charge in [0.05, 0.1) is 17.7 Å². The Morgan fingerprint density at radius 1 is 0.949 bits per heavy atom. The third kappa shape index (κ3) is 7.60. The molecule has 3 aromatic rings. The lowest BCUT2D eigenvalue weighted by Gasteiger charge is -2.32. The number of amides is 2. The van der Waals surface area contributed by atoms with Crippen molar-refractivity contribution in [2.75, 3.05) is 24.5 Å². The Hall–Kier alpha value is -3.85. The van der Waals surface area contributed by atoms with Gasteiger partial charge < -0.3 is 15.0 Å². The lowest BCUT2D eigenvalue weighted by molar-refractivity contribution is -0.139. The average molecular weight is 552 g/mol. The van der Waals surface area contributed by atoms with E-state index in [2.05, 4.69) is 5.32 Å². The number of carbonyl (C=O) groups excluding carboxylic acids is 2. The zero-order valence-electron chi connectivity index (χ0n) is 23.2. The molecule has 3 rings (SSSR count). The molecule has 0 bridgehead atoms. The van der Waals surface area contributed by atoms with Gasteiger partial charge >= 0.3 is 0 Å². The predicted molar refractivity (Wildman–Crippen MR) is 153 cm³/mol. The highest BCUT2D eigenvalue weighted by Crippen LogP contribution is 2.27. The van der Waals surface area contributed by atoms with Crippen molar-refractivity contribution in [1.82, 2.24) is 10.2 Å². The second-order valence-corrected chi connectivity index (χ2v) is 11.4. The van der Waals surface area contributed by atoms with Crippen molar-refractivity contribution in [1.29, 1.82) is 0 Å². The fourth-order valence-electron chi connectivity index (χ4n) is 4.10. The van der Waals surface area contributed by atoms with Crippen LogP contribution >= 0.6 is 0 Å². The van der Waals surface area contributed by atoms with E-state index in [1.54, 1.807) is 43.3 Å². The zero-order valence-corrected chi connectivity index (χ0v) is 24.0. The number of rotatable bonds is 12. The first-order valence-corrected chi connectivity index (χ1v) is 14.4. The van der Waals surface area contributed by atoms with E-state index < -0.39 is 28.5 Å². The van der Waals surface area contributed by atoms with E-state index in [-0.39, 0.29) is 17.3 Å². The van der Waals surface area contributed by atoms with Crippen LogP contribution < -0.4 is 14.4 Å². The summed E-state index contributed by atoms with van der Waals surface area (Å²) in [6.45, 7) is 7.58. The summed E-state index contributed by atoms with van der Waals surface area (Å²) in [5.41, 5.74) is 3.08. The molecule has 0 spiro atoms. The van der Waals surface area contributed by atoms with Gasteiger partial charge in [-0.25, -0.2) is 8.42 Å². The monoisotopic (exact) mass is 551 g/mol. The summed E-state index contributed by atoms with van der Waals surface area (Å²) in [5, 5.41) is 2.85. The number of nitrogens with one attached hydrogen (secondary N) is 1. The van der Waals surface area contributed by atoms with Crippen molar-refractivity contribution < 1.29 is 22.7 Å². The molecule has 1 N–H and O–H groups in total. The maximum absolute atomic E-state index is 13.9. The van der Waals surface area contributed by atoms with Crippen LogP contribution in [-0.4, -0.2) is 51.4 Å². The lowest BCUT2D eigenvalue weighted by Crippen LogP contribution is -2.51. The Morgan fingerprint density at radius 3 is 2.21 bits per heavy atom. The molecule has 39 heavy (non-hydrogen) atoms. The smallest absolute Gasteiger partial charge is 0.264 e. The summed E-state index contributed by atoms with van der Waals surface area (Å²) in [4.78, 5) is 28.3. The molecule has 9 heteroatoms. The molecule has 0 saturated carbocycles. The number of hydrogen-bond acceptors (Lipinski definition) is 5. The van der Waals surface area contributed by atoms with E-state index in [1.807, 2.05) is 45.0 Å². The van der Waals surface area contributed by atoms with Crippen LogP contribution in [0.3, 0.4) is 0 Å². The first-order valence-electron chi connectivity index (χ1n) is 12.9. The number of carbonyl (C=O) groups is 2. The van der Waals surface area contributed by atoms with Gasteiger partial charge in [-0.1, -0.05) is 54.4 Å². The van der Waals surface area contributed by atoms with E-state index in [9.17, 15) is 18.0 Å². The standard InChI is InChI=1S/C30H37N3O5S/c1-6-18-31-30(35)24(4)32(20-25-9-7-8-23(3)19-25)29(34)21-33(26-12-14-27(38-5)15-13-26)39(36,37)28-16-10-22(2)11-17-28/h7-17,19,24H,6,18,20-21H2,1-5H3,(H,31,35). The number of aryl methyl sites for hydroxylation is 2. The first-order chi connectivity index (χ1) is 18.6. The molecule has 8 nitrogen and oxygen atoms in total. The highest BCUT2D eigenvalue weighted by molar-refractivity contribution is 7.92. The fraction of sp³-hybridized carbons (Fsp3) is 0.333. The van der Waals surface area contributed by atoms with Crippen molar-refractivity contribution in [3.05, 3.63) is 89.5 Å². The maximum atomic E-state index is 13.9. The van der Waals surface area contributed by atoms with E-state index in [4.69, 9.17) is 4.74 Å². The summed E-state index contributed by atoms with van der Waals surface area (Å²) in [6, 6.07) is 19.8. The van der Waals surface area contributed by atoms with Crippen molar-refractivity contribution in [3.63, 3.8) is 0 Å². The number of nitrogens with zero attached hydrogens (tertiary/aromatic N) is 2. The minimum absolute atomic E-state index is 0.0655. The van der Waals surface area contributed by atoms with Crippen LogP contribution in [0.4, 0.5) is 5.69 Å². The minimum Gasteiger partial charge on any atom is -0.497 e. The van der Waals surface area contributed by atoms with Gasteiger partial charge in [-0.15, -0.1) is 0 Å². The molecule has 0 saturated heterocycles. The van der Waals surface area contributed by atoms with E-state index in [0.29, 0.717) is 18.0 Å². The van der Waals surface area contributed by atoms with Crippen LogP contribution in [0, 0.1) is 13.8 Å². The molecule has 208 valence electrons. The normalized spacial score (nSPS) is 11.9. The maximum Gasteiger partial charge on any atom is 0.264 e. The molecule has 3 aromatic carbocycles. The number of sulfonamides is 1. The lowest BCUT2D eigenvalue weighted by atomic mass is 10.1. The van der Waals surface area contributed by atoms with E-state index in [1.165, 1.54) is 24.1 Å². The molecule has 2 amide bonds. The summed E-state index contributed by atoms with van der Waals surface area (Å²) >= 11 is 0. The molecule has 0 aliphatic carbocycles. The minimum atomic E-state index is -4.11. The summed E-state index contributed by atoms with van der Waals surface area (Å²) in [6.07, 6.45) is 0.754. The van der Waals surface area contributed by atoms with Crippen LogP contribution in [0.1, 0.15) is 37.0 Å². The van der Waals surface area contributed by atoms with Crippen molar-refractivity contribution in [2.45, 2.75) is 51.6 Å². The second-order valence-electron chi connectivity index (χ2n) is 9.50. The Labute approximate surface area is 231 Å². The number of benzene rings is 3. The second kappa shape index (κ2) is 13.3. The van der Waals surface area contributed by atoms with Gasteiger partial charge in [-0.2, -0.15) is 0 Å². The van der Waals surface area contributed by atoms with Crippen molar-refractivity contribution in [3.8, 4) is 5.75 Å². The molecular formula is C30H37N3O5S. The molecule has 0 radical (unpaired) electrons. The largest absolute Gasteiger partial charge is 0.497 e. The molecule has 0 fully saturated rings. The van der Waals surface area contributed by atoms with Crippen LogP contribution in [0.5, 0.6) is 5.75 Å². The number of methoxy groups -OCH3 is 1. The van der Waals surface area contributed by atoms with Gasteiger partial charge in [-0.05, 0) is 69.2 Å². The van der Waals surface area contributed by atoms with Crippen LogP contribution in [0.25, 0.3) is 0 Å². The highest BCUT2D eigenvalue weighted by Gasteiger charge is 2.32. The highest BCUT2D eigenvalue weighted by atomic mass is 32.2. The van der Waals surface area contributed by atoms with Gasteiger partial charge in [0.25, 0.3) is 10.0 Å². The molecule has 1 atom stereocenters. The molecule has 0 heterocycles. The third-order valence-corrected chi connectivity index (χ3v) is 8.19. The van der Waals surface area contributed by atoms with E-state index >= 15 is 0 Å². The Morgan fingerprint density at radius 2 is 1.62 bits per heavy atom. The Bertz CT molecular complexity index is 1370. The third-order valence-electron chi connectivity index (χ3n) is 6.40. The molecular weight excluding hydrogens is 514 g/mol. The molecule has 0 aromatic heterocycles. The SMILES string of the molecule is CCCNC(=O)C(C)N(Cc1cccc(C)c1)C(=O)CN(c1ccc(OC)cc1)S(=O)(=O)c1ccc(C)cc1. The van der Waals surface area contributed by atoms with Gasteiger partial charge in [0, 0.05) is 13.1 Å². The Balaban J connectivity index is 2.02. The first kappa shape index (κ1) is 29.7. The summed E-state index contributed by atoms with van der Waals surface area (Å²) in [5.74, 6) is -0.238. The van der Waals surface area contributed by atoms with E-state index in [0.717, 1.165) is 27.4 Å². The quantitative estimate of drug-likeness (QED) is 0.359. The summed E-state index contributed by atoms with van der Waals surface area (Å²) < 4.78 is 34.0. The fourth-order valence-corrected chi connectivity index (χ4v) is 5.51. The van der Waals surface area contributed by atoms with Gasteiger partial charge in [-0.3, -0.25) is 13.9 Å². The molecule has 1 unspecified atom stereocenters. The number of anilines is 1. The predicted octanol–water partition coefficient (Wildman–Crippen LogP) is 4.45. The van der Waals surface area contributed by atoms with Crippen molar-refractivity contribution >= 4 is 27.5 Å². The topological polar surface area (TPSA) is 96.0 Å². The number of hydrogen-bond donors (Lipinski definition) is 1. The van der Waals surface area contributed by atoms with Crippen LogP contribution in [0.2, 0.25) is 0 Å². The Kier molecular flexibility index (Phi) is 10.1. The van der Waals surface area contributed by atoms with Gasteiger partial charge in [0.1, 0.15) is 18.3 Å². The molecule has 0 aliphatic rings. The number of ether oxygens (including phenoxy) is 1. The van der Waals surface area contributed by atoms with Gasteiger partial charge in [0.15, 0.2) is 0 Å². The van der Waals surface area contributed by atoms with Crippen LogP contribution in [0.15, 0.2) is 77.7 Å². The van der Waals surface area contributed by atoms with Crippen LogP contribution in [-0.2, 0) is 26.2 Å².